The fourth-order valence-electron chi connectivity index (χ4n) is 4.07. The van der Waals surface area contributed by atoms with Gasteiger partial charge < -0.3 is 18.9 Å². The van der Waals surface area contributed by atoms with Gasteiger partial charge in [-0.15, -0.1) is 0 Å². The first-order chi connectivity index (χ1) is 18.7. The van der Waals surface area contributed by atoms with Crippen molar-refractivity contribution in [3.63, 3.8) is 0 Å². The molecular weight excluding hydrogens is 656 g/mol. The van der Waals surface area contributed by atoms with Crippen molar-refractivity contribution in [1.29, 1.82) is 0 Å². The summed E-state index contributed by atoms with van der Waals surface area (Å²) < 4.78 is 24.9. The summed E-state index contributed by atoms with van der Waals surface area (Å²) >= 11 is 8.00. The van der Waals surface area contributed by atoms with Gasteiger partial charge in [0.05, 0.1) is 40.9 Å². The highest BCUT2D eigenvalue weighted by Gasteiger charge is 2.31. The second-order valence-corrected chi connectivity index (χ2v) is 10.9. The summed E-state index contributed by atoms with van der Waals surface area (Å²) in [5.74, 6) is 0.203. The van der Waals surface area contributed by atoms with Crippen molar-refractivity contribution in [2.75, 3.05) is 20.3 Å². The van der Waals surface area contributed by atoms with Gasteiger partial charge in [-0.2, -0.15) is 0 Å². The maximum Gasteiger partial charge on any atom is 0.337 e. The fraction of sp³-hybridized carbons (Fsp3) is 0.259. The number of thiazole rings is 1. The molecule has 0 unspecified atom stereocenters. The Morgan fingerprint density at radius 2 is 1.82 bits per heavy atom. The predicted molar refractivity (Wildman–Crippen MR) is 153 cm³/mol. The van der Waals surface area contributed by atoms with E-state index in [4.69, 9.17) is 18.9 Å². The average molecular weight is 680 g/mol. The van der Waals surface area contributed by atoms with Gasteiger partial charge in [0.1, 0.15) is 0 Å². The van der Waals surface area contributed by atoms with Gasteiger partial charge in [0, 0.05) is 23.2 Å². The van der Waals surface area contributed by atoms with E-state index in [9.17, 15) is 14.4 Å². The normalized spacial score (nSPS) is 14.7. The molecule has 0 radical (unpaired) electrons. The number of benzene rings is 2. The molecule has 1 atom stereocenters. The van der Waals surface area contributed by atoms with Crippen LogP contribution in [0.1, 0.15) is 37.9 Å². The minimum absolute atomic E-state index is 0.189. The van der Waals surface area contributed by atoms with Crippen LogP contribution in [0.25, 0.3) is 6.08 Å². The number of nitrogens with zero attached hydrogens (tertiary/aromatic N) is 2. The summed E-state index contributed by atoms with van der Waals surface area (Å²) in [5.41, 5.74) is 0.927. The van der Waals surface area contributed by atoms with E-state index in [1.807, 2.05) is 13.8 Å². The molecule has 0 bridgehead atoms. The van der Waals surface area contributed by atoms with Crippen molar-refractivity contribution in [2.24, 2.45) is 4.99 Å². The van der Waals surface area contributed by atoms with Crippen LogP contribution in [0, 0.1) is 0 Å². The monoisotopic (exact) mass is 678 g/mol. The van der Waals surface area contributed by atoms with Gasteiger partial charge in [0.2, 0.25) is 0 Å². The van der Waals surface area contributed by atoms with E-state index in [-0.39, 0.29) is 16.9 Å². The lowest BCUT2D eigenvalue weighted by Gasteiger charge is -2.23. The molecule has 0 N–H and O–H groups in total. The van der Waals surface area contributed by atoms with Crippen LogP contribution in [0.2, 0.25) is 0 Å². The fourth-order valence-corrected chi connectivity index (χ4v) is 6.37. The largest absolute Gasteiger partial charge is 0.490 e. The van der Waals surface area contributed by atoms with Gasteiger partial charge in [-0.1, -0.05) is 33.3 Å². The summed E-state index contributed by atoms with van der Waals surface area (Å²) in [6.45, 7) is 5.88. The Bertz CT molecular complexity index is 1660. The number of hydrogen-bond donors (Lipinski definition) is 0. The first-order valence-corrected chi connectivity index (χ1v) is 14.2. The van der Waals surface area contributed by atoms with Crippen LogP contribution in [-0.2, 0) is 14.3 Å². The van der Waals surface area contributed by atoms with Crippen LogP contribution in [0.3, 0.4) is 0 Å². The van der Waals surface area contributed by atoms with Crippen LogP contribution in [0.4, 0.5) is 0 Å². The third-order valence-electron chi connectivity index (χ3n) is 5.58. The van der Waals surface area contributed by atoms with Crippen molar-refractivity contribution < 1.29 is 28.5 Å². The molecule has 0 amide bonds. The van der Waals surface area contributed by atoms with E-state index >= 15 is 0 Å². The molecule has 1 aliphatic rings. The molecule has 12 heteroatoms. The van der Waals surface area contributed by atoms with Crippen LogP contribution >= 0.6 is 43.2 Å². The zero-order valence-electron chi connectivity index (χ0n) is 21.4. The quantitative estimate of drug-likeness (QED) is 0.259. The van der Waals surface area contributed by atoms with Crippen LogP contribution in [0.15, 0.2) is 60.8 Å². The molecular formula is C27H24Br2N2O7S. The topological polar surface area (TPSA) is 105 Å². The molecule has 2 heterocycles. The average Bonchev–Trinajstić information content (AvgIpc) is 3.21. The number of halogens is 2. The van der Waals surface area contributed by atoms with E-state index in [1.165, 1.54) is 24.8 Å². The van der Waals surface area contributed by atoms with E-state index in [1.54, 1.807) is 36.4 Å². The molecule has 204 valence electrons. The number of aromatic nitrogens is 1. The van der Waals surface area contributed by atoms with Gasteiger partial charge in [-0.05, 0) is 65.7 Å². The molecule has 2 aromatic carbocycles. The number of ether oxygens (including phenoxy) is 4. The van der Waals surface area contributed by atoms with Crippen LogP contribution < -0.4 is 29.1 Å². The summed E-state index contributed by atoms with van der Waals surface area (Å²) in [6, 6.07) is 7.93. The number of esters is 2. The molecule has 1 aromatic heterocycles. The summed E-state index contributed by atoms with van der Waals surface area (Å²) in [7, 11) is 1.27. The predicted octanol–water partition coefficient (Wildman–Crippen LogP) is 4.27. The van der Waals surface area contributed by atoms with Gasteiger partial charge in [0.15, 0.2) is 22.0 Å². The number of fused-ring (bicyclic) bond motifs is 1. The maximum atomic E-state index is 13.9. The standard InChI is InChI=1S/C27H24Br2N2O7S/c1-5-36-20-8-7-15(10-21(20)37-6-2)23-18(26(34)35-4)13-30-27-31(23)25(33)22(39-27)11-16-9-17(28)12-19(29)24(16)38-14(3)32/h7-13,23H,5-6H2,1-4H3/b22-11+/t23-/m1/s1. The zero-order valence-corrected chi connectivity index (χ0v) is 25.4. The Balaban J connectivity index is 1.94. The number of carbonyl (C=O) groups is 2. The minimum Gasteiger partial charge on any atom is -0.490 e. The minimum atomic E-state index is -0.826. The van der Waals surface area contributed by atoms with Crippen LogP contribution in [0.5, 0.6) is 17.2 Å². The van der Waals surface area contributed by atoms with E-state index in [2.05, 4.69) is 36.9 Å². The molecule has 0 spiro atoms. The number of carbonyl (C=O) groups excluding carboxylic acids is 2. The lowest BCUT2D eigenvalue weighted by molar-refractivity contribution is -0.136. The highest BCUT2D eigenvalue weighted by Crippen LogP contribution is 2.36. The van der Waals surface area contributed by atoms with E-state index in [0.717, 1.165) is 11.3 Å². The van der Waals surface area contributed by atoms with Crippen molar-refractivity contribution in [2.45, 2.75) is 26.8 Å². The van der Waals surface area contributed by atoms with Gasteiger partial charge in [-0.25, -0.2) is 9.79 Å². The molecule has 0 saturated carbocycles. The zero-order chi connectivity index (χ0) is 28.3. The Labute approximate surface area is 244 Å². The summed E-state index contributed by atoms with van der Waals surface area (Å²) in [4.78, 5) is 43.2. The third kappa shape index (κ3) is 6.02. The molecule has 1 aliphatic heterocycles. The maximum absolute atomic E-state index is 13.9. The molecule has 0 aliphatic carbocycles. The Morgan fingerprint density at radius 3 is 2.49 bits per heavy atom. The summed E-state index contributed by atoms with van der Waals surface area (Å²) in [6.07, 6.45) is 3.04. The Hall–Kier alpha value is -3.22. The van der Waals surface area contributed by atoms with Crippen molar-refractivity contribution in [3.8, 4) is 17.2 Å². The Morgan fingerprint density at radius 1 is 1.10 bits per heavy atom. The second kappa shape index (κ2) is 12.3. The van der Waals surface area contributed by atoms with Gasteiger partial charge in [-0.3, -0.25) is 14.2 Å². The highest BCUT2D eigenvalue weighted by atomic mass is 79.9. The van der Waals surface area contributed by atoms with E-state index in [0.29, 0.717) is 54.1 Å². The molecule has 0 fully saturated rings. The third-order valence-corrected chi connectivity index (χ3v) is 7.62. The highest BCUT2D eigenvalue weighted by molar-refractivity contribution is 9.11. The van der Waals surface area contributed by atoms with Crippen molar-refractivity contribution >= 4 is 61.2 Å². The van der Waals surface area contributed by atoms with Gasteiger partial charge >= 0.3 is 11.9 Å². The second-order valence-electron chi connectivity index (χ2n) is 8.15. The molecule has 9 nitrogen and oxygen atoms in total. The first-order valence-electron chi connectivity index (χ1n) is 11.8. The number of methoxy groups -OCH3 is 1. The lowest BCUT2D eigenvalue weighted by atomic mass is 9.97. The molecule has 4 rings (SSSR count). The first kappa shape index (κ1) is 28.8. The smallest absolute Gasteiger partial charge is 0.337 e. The number of rotatable bonds is 8. The Kier molecular flexibility index (Phi) is 9.08. The summed E-state index contributed by atoms with van der Waals surface area (Å²) in [5, 5.41) is 0. The van der Waals surface area contributed by atoms with Crippen LogP contribution in [-0.4, -0.2) is 36.8 Å². The molecule has 3 aromatic rings. The lowest BCUT2D eigenvalue weighted by Crippen LogP contribution is -2.39. The van der Waals surface area contributed by atoms with Gasteiger partial charge in [0.25, 0.3) is 5.56 Å². The van der Waals surface area contributed by atoms with Crippen molar-refractivity contribution in [3.05, 3.63) is 81.9 Å². The van der Waals surface area contributed by atoms with Crippen molar-refractivity contribution in [1.82, 2.24) is 4.57 Å². The van der Waals surface area contributed by atoms with E-state index < -0.39 is 18.0 Å². The number of hydrogen-bond acceptors (Lipinski definition) is 9. The molecule has 39 heavy (non-hydrogen) atoms. The molecule has 0 saturated heterocycles. The SMILES string of the molecule is CCOc1ccc([C@@H]2C(C(=O)OC)=CN=c3s/c(=C/c4cc(Br)cc(Br)c4OC(C)=O)c(=O)n32)cc1OCC.